The number of nitrogens with one attached hydrogen (secondary N) is 2. The molecule has 2 heterocycles. The van der Waals surface area contributed by atoms with E-state index in [0.29, 0.717) is 16.8 Å². The third-order valence-corrected chi connectivity index (χ3v) is 7.98. The maximum Gasteiger partial charge on any atom is 0.263 e. The fourth-order valence-corrected chi connectivity index (χ4v) is 5.43. The Bertz CT molecular complexity index is 1590. The molecule has 5 rings (SSSR count). The highest BCUT2D eigenvalue weighted by Crippen LogP contribution is 2.37. The molecule has 0 unspecified atom stereocenters. The second-order valence-corrected chi connectivity index (χ2v) is 10.3. The van der Waals surface area contributed by atoms with Gasteiger partial charge >= 0.3 is 0 Å². The van der Waals surface area contributed by atoms with Crippen molar-refractivity contribution in [1.29, 1.82) is 0 Å². The number of fused-ring (bicyclic) bond motifs is 1. The normalized spacial score (nSPS) is 14.0. The van der Waals surface area contributed by atoms with E-state index in [1.807, 2.05) is 25.1 Å². The molecule has 0 radical (unpaired) electrons. The Labute approximate surface area is 229 Å². The quantitative estimate of drug-likeness (QED) is 0.222. The fourth-order valence-electron chi connectivity index (χ4n) is 4.93. The minimum atomic E-state index is -2.59. The number of anilines is 1. The first-order valence-electron chi connectivity index (χ1n) is 12.5. The number of halogens is 2. The summed E-state index contributed by atoms with van der Waals surface area (Å²) >= 11 is 1.72. The monoisotopic (exact) mass is 546 g/mol. The van der Waals surface area contributed by atoms with Crippen molar-refractivity contribution < 1.29 is 18.4 Å². The molecule has 4 N–H and O–H groups in total. The number of nitrogens with zero attached hydrogens (tertiary/aromatic N) is 1. The van der Waals surface area contributed by atoms with Crippen LogP contribution in [0.2, 0.25) is 0 Å². The number of amides is 2. The minimum Gasteiger partial charge on any atom is -0.366 e. The number of carbonyl (C=O) groups is 2. The van der Waals surface area contributed by atoms with Crippen molar-refractivity contribution >= 4 is 45.9 Å². The molecule has 39 heavy (non-hydrogen) atoms. The first kappa shape index (κ1) is 26.6. The van der Waals surface area contributed by atoms with Gasteiger partial charge in [-0.25, -0.2) is 13.1 Å². The van der Waals surface area contributed by atoms with Crippen molar-refractivity contribution in [3.63, 3.8) is 0 Å². The van der Waals surface area contributed by atoms with Gasteiger partial charge in [0.25, 0.3) is 18.2 Å². The number of hydrogen-bond donors (Lipinski definition) is 3. The molecule has 1 aliphatic heterocycles. The zero-order valence-electron chi connectivity index (χ0n) is 21.6. The largest absolute Gasteiger partial charge is 0.366 e. The molecule has 0 saturated heterocycles. The lowest BCUT2D eigenvalue weighted by Gasteiger charge is -2.23. The van der Waals surface area contributed by atoms with E-state index >= 15 is 0 Å². The van der Waals surface area contributed by atoms with Crippen molar-refractivity contribution in [2.75, 3.05) is 24.7 Å². The van der Waals surface area contributed by atoms with E-state index in [1.54, 1.807) is 24.1 Å². The Morgan fingerprint density at radius 3 is 2.49 bits per heavy atom. The lowest BCUT2D eigenvalue weighted by atomic mass is 9.94. The predicted octanol–water partition coefficient (Wildman–Crippen LogP) is 6.80. The Hall–Kier alpha value is -3.95. The summed E-state index contributed by atoms with van der Waals surface area (Å²) in [5, 5.41) is 3.77. The van der Waals surface area contributed by atoms with Crippen LogP contribution in [0, 0.1) is 6.92 Å². The maximum absolute atomic E-state index is 12.9. The van der Waals surface area contributed by atoms with Crippen LogP contribution in [-0.2, 0) is 0 Å². The average molecular weight is 547 g/mol. The van der Waals surface area contributed by atoms with E-state index in [-0.39, 0.29) is 11.1 Å². The zero-order chi connectivity index (χ0) is 27.7. The van der Waals surface area contributed by atoms with Gasteiger partial charge in [-0.15, -0.1) is 0 Å². The second kappa shape index (κ2) is 11.0. The summed E-state index contributed by atoms with van der Waals surface area (Å²) in [4.78, 5) is 28.6. The highest BCUT2D eigenvalue weighted by atomic mass is 32.2. The summed E-state index contributed by atoms with van der Waals surface area (Å²) in [6.07, 6.45) is 2.55. The van der Waals surface area contributed by atoms with Gasteiger partial charge in [0.1, 0.15) is 0 Å². The third-order valence-electron chi connectivity index (χ3n) is 7.13. The second-order valence-electron chi connectivity index (χ2n) is 9.40. The molecule has 9 heteroatoms. The van der Waals surface area contributed by atoms with E-state index in [0.717, 1.165) is 47.3 Å². The van der Waals surface area contributed by atoms with Crippen LogP contribution >= 0.6 is 11.9 Å². The summed E-state index contributed by atoms with van der Waals surface area (Å²) in [6, 6.07) is 16.6. The number of primary amides is 1. The lowest BCUT2D eigenvalue weighted by molar-refractivity contribution is 0.0999. The van der Waals surface area contributed by atoms with Gasteiger partial charge in [-0.2, -0.15) is 0 Å². The number of aromatic amines is 1. The van der Waals surface area contributed by atoms with E-state index in [1.165, 1.54) is 29.8 Å². The number of rotatable bonds is 7. The number of H-pyrrole nitrogens is 1. The van der Waals surface area contributed by atoms with Crippen molar-refractivity contribution in [3.05, 3.63) is 94.7 Å². The van der Waals surface area contributed by atoms with Crippen LogP contribution in [0.5, 0.6) is 0 Å². The van der Waals surface area contributed by atoms with Crippen molar-refractivity contribution in [3.8, 4) is 11.1 Å². The van der Waals surface area contributed by atoms with Crippen LogP contribution in [0.3, 0.4) is 0 Å². The number of aromatic nitrogens is 1. The van der Waals surface area contributed by atoms with Gasteiger partial charge in [0, 0.05) is 41.0 Å². The summed E-state index contributed by atoms with van der Waals surface area (Å²) < 4.78 is 28.1. The number of carbonyl (C=O) groups excluding carboxylic acids is 2. The predicted molar refractivity (Wildman–Crippen MR) is 154 cm³/mol. The van der Waals surface area contributed by atoms with Crippen LogP contribution in [-0.4, -0.2) is 40.4 Å². The number of alkyl halides is 2. The first-order chi connectivity index (χ1) is 18.8. The van der Waals surface area contributed by atoms with E-state index in [9.17, 15) is 18.4 Å². The molecule has 200 valence electrons. The molecule has 0 atom stereocenters. The molecule has 6 nitrogen and oxygen atoms in total. The van der Waals surface area contributed by atoms with Crippen LogP contribution in [0.15, 0.2) is 66.7 Å². The molecule has 0 fully saturated rings. The van der Waals surface area contributed by atoms with Crippen LogP contribution in [0.4, 0.5) is 14.5 Å². The zero-order valence-corrected chi connectivity index (χ0v) is 22.4. The molecule has 4 aromatic rings. The molecule has 0 saturated carbocycles. The fraction of sp³-hybridized carbons (Fsp3) is 0.200. The van der Waals surface area contributed by atoms with Gasteiger partial charge in [-0.05, 0) is 72.2 Å². The van der Waals surface area contributed by atoms with E-state index in [2.05, 4.69) is 33.0 Å². The molecule has 2 amide bonds. The smallest absolute Gasteiger partial charge is 0.263 e. The summed E-state index contributed by atoms with van der Waals surface area (Å²) in [7, 11) is 0. The average Bonchev–Trinajstić information content (AvgIpc) is 3.39. The van der Waals surface area contributed by atoms with Crippen LogP contribution in [0.25, 0.3) is 27.6 Å². The highest BCUT2D eigenvalue weighted by molar-refractivity contribution is 7.96. The molecule has 0 bridgehead atoms. The molecule has 0 spiro atoms. The molecule has 1 aromatic heterocycles. The van der Waals surface area contributed by atoms with Gasteiger partial charge in [-0.1, -0.05) is 48.4 Å². The van der Waals surface area contributed by atoms with Gasteiger partial charge in [-0.3, -0.25) is 9.59 Å². The minimum absolute atomic E-state index is 0.135. The van der Waals surface area contributed by atoms with Crippen molar-refractivity contribution in [2.24, 2.45) is 5.73 Å². The summed E-state index contributed by atoms with van der Waals surface area (Å²) in [5.41, 5.74) is 12.3. The number of benzene rings is 3. The van der Waals surface area contributed by atoms with Gasteiger partial charge in [0.05, 0.1) is 11.1 Å². The molecular formula is C30H28F2N4O2S. The van der Waals surface area contributed by atoms with Gasteiger partial charge < -0.3 is 16.0 Å². The summed E-state index contributed by atoms with van der Waals surface area (Å²) in [6.45, 7) is 3.68. The Balaban J connectivity index is 1.52. The van der Waals surface area contributed by atoms with E-state index in [4.69, 9.17) is 5.73 Å². The number of nitrogens with two attached hydrogens (primary N) is 1. The molecule has 1 aliphatic rings. The molecular weight excluding hydrogens is 518 g/mol. The maximum atomic E-state index is 12.9. The molecule has 3 aromatic carbocycles. The standard InChI is InChI=1S/C30H28F2N4O2S/c1-17-21(4-3-5-25(17)35-30(38)20-8-6-19(7-9-20)28(31)32)22-10-11-23(29(33)37)27-24(22)16-26(34-27)18-12-14-36(39-2)15-13-18/h3-12,16,28,34H,13-15H2,1-2H3,(H2,33,37)(H,35,38). The lowest BCUT2D eigenvalue weighted by Crippen LogP contribution is -2.21. The topological polar surface area (TPSA) is 91.2 Å². The summed E-state index contributed by atoms with van der Waals surface area (Å²) in [5.74, 6) is -0.903. The van der Waals surface area contributed by atoms with Crippen LogP contribution < -0.4 is 11.1 Å². The van der Waals surface area contributed by atoms with Gasteiger partial charge in [0.15, 0.2) is 0 Å². The third kappa shape index (κ3) is 5.32. The van der Waals surface area contributed by atoms with Crippen LogP contribution in [0.1, 0.15) is 50.4 Å². The highest BCUT2D eigenvalue weighted by Gasteiger charge is 2.20. The number of hydrogen-bond acceptors (Lipinski definition) is 4. The van der Waals surface area contributed by atoms with Crippen molar-refractivity contribution in [1.82, 2.24) is 9.29 Å². The first-order valence-corrected chi connectivity index (χ1v) is 13.7. The SMILES string of the molecule is CSN1CC=C(c2cc3c(-c4cccc(NC(=O)c5ccc(C(F)F)cc5)c4C)ccc(C(N)=O)c3[nH]2)CC1. The Morgan fingerprint density at radius 1 is 1.08 bits per heavy atom. The Kier molecular flexibility index (Phi) is 7.54. The van der Waals surface area contributed by atoms with Gasteiger partial charge in [0.2, 0.25) is 0 Å². The Morgan fingerprint density at radius 2 is 1.85 bits per heavy atom. The molecule has 0 aliphatic carbocycles. The van der Waals surface area contributed by atoms with E-state index < -0.39 is 18.2 Å². The van der Waals surface area contributed by atoms with Crippen molar-refractivity contribution in [2.45, 2.75) is 19.8 Å².